The first-order valence-corrected chi connectivity index (χ1v) is 9.46. The number of hydrogen-bond acceptors (Lipinski definition) is 3. The lowest BCUT2D eigenvalue weighted by molar-refractivity contribution is -0.134. The van der Waals surface area contributed by atoms with E-state index >= 15 is 0 Å². The van der Waals surface area contributed by atoms with Gasteiger partial charge < -0.3 is 10.6 Å². The van der Waals surface area contributed by atoms with Gasteiger partial charge in [0.15, 0.2) is 0 Å². The Kier molecular flexibility index (Phi) is 5.42. The van der Waals surface area contributed by atoms with E-state index in [2.05, 4.69) is 10.6 Å². The van der Waals surface area contributed by atoms with Gasteiger partial charge in [-0.2, -0.15) is 0 Å². The zero-order valence-electron chi connectivity index (χ0n) is 16.9. The van der Waals surface area contributed by atoms with Crippen molar-refractivity contribution in [2.45, 2.75) is 39.7 Å². The largest absolute Gasteiger partial charge is 0.325 e. The Labute approximate surface area is 169 Å². The zero-order chi connectivity index (χ0) is 21.3. The molecule has 1 aliphatic rings. The summed E-state index contributed by atoms with van der Waals surface area (Å²) in [5.41, 5.74) is 2.74. The molecule has 0 aromatic heterocycles. The van der Waals surface area contributed by atoms with Crippen LogP contribution in [0.1, 0.15) is 35.6 Å². The van der Waals surface area contributed by atoms with Crippen molar-refractivity contribution < 1.29 is 18.8 Å². The highest BCUT2D eigenvalue weighted by atomic mass is 19.1. The Balaban J connectivity index is 1.81. The van der Waals surface area contributed by atoms with Crippen molar-refractivity contribution >= 4 is 23.5 Å². The lowest BCUT2D eigenvalue weighted by atomic mass is 9.87. The number of anilines is 1. The fourth-order valence-corrected chi connectivity index (χ4v) is 3.84. The van der Waals surface area contributed by atoms with Crippen LogP contribution >= 0.6 is 0 Å². The maximum absolute atomic E-state index is 13.3. The molecule has 1 heterocycles. The molecule has 0 radical (unpaired) electrons. The summed E-state index contributed by atoms with van der Waals surface area (Å²) in [6, 6.07) is 8.68. The molecule has 6 nitrogen and oxygen atoms in total. The first-order valence-electron chi connectivity index (χ1n) is 9.46. The van der Waals surface area contributed by atoms with Gasteiger partial charge in [0, 0.05) is 5.69 Å². The van der Waals surface area contributed by atoms with Gasteiger partial charge in [-0.05, 0) is 56.0 Å². The average Bonchev–Trinajstić information content (AvgIpc) is 2.90. The van der Waals surface area contributed by atoms with Gasteiger partial charge in [-0.25, -0.2) is 9.18 Å². The number of nitrogens with one attached hydrogen (secondary N) is 2. The van der Waals surface area contributed by atoms with Gasteiger partial charge >= 0.3 is 6.03 Å². The number of carbonyl (C=O) groups is 3. The monoisotopic (exact) mass is 397 g/mol. The Morgan fingerprint density at radius 2 is 1.69 bits per heavy atom. The van der Waals surface area contributed by atoms with Gasteiger partial charge in [-0.3, -0.25) is 14.5 Å². The molecule has 7 heteroatoms. The van der Waals surface area contributed by atoms with Crippen LogP contribution < -0.4 is 10.6 Å². The second kappa shape index (κ2) is 7.66. The van der Waals surface area contributed by atoms with Crippen molar-refractivity contribution in [3.05, 3.63) is 64.5 Å². The fraction of sp³-hybridized carbons (Fsp3) is 0.318. The third kappa shape index (κ3) is 3.72. The molecule has 1 saturated heterocycles. The minimum absolute atomic E-state index is 0.275. The van der Waals surface area contributed by atoms with Crippen LogP contribution in [0.4, 0.5) is 14.9 Å². The second-order valence-corrected chi connectivity index (χ2v) is 7.41. The summed E-state index contributed by atoms with van der Waals surface area (Å²) in [5, 5.41) is 5.49. The van der Waals surface area contributed by atoms with Crippen LogP contribution in [0.25, 0.3) is 0 Å². The van der Waals surface area contributed by atoms with Crippen molar-refractivity contribution in [1.82, 2.24) is 10.2 Å². The molecule has 2 N–H and O–H groups in total. The predicted molar refractivity (Wildman–Crippen MR) is 108 cm³/mol. The molecule has 3 rings (SSSR count). The lowest BCUT2D eigenvalue weighted by Crippen LogP contribution is -2.44. The highest BCUT2D eigenvalue weighted by Gasteiger charge is 2.51. The molecule has 2 aromatic rings. The molecular weight excluding hydrogens is 373 g/mol. The maximum atomic E-state index is 13.3. The van der Waals surface area contributed by atoms with Gasteiger partial charge in [0.1, 0.15) is 17.9 Å². The van der Waals surface area contributed by atoms with Gasteiger partial charge in [-0.1, -0.05) is 36.8 Å². The van der Waals surface area contributed by atoms with E-state index < -0.39 is 35.7 Å². The highest BCUT2D eigenvalue weighted by Crippen LogP contribution is 2.32. The van der Waals surface area contributed by atoms with Crippen molar-refractivity contribution in [1.29, 1.82) is 0 Å². The number of aryl methyl sites for hydroxylation is 3. The van der Waals surface area contributed by atoms with Crippen molar-refractivity contribution in [2.24, 2.45) is 0 Å². The third-order valence-corrected chi connectivity index (χ3v) is 5.29. The minimum Gasteiger partial charge on any atom is -0.324 e. The summed E-state index contributed by atoms with van der Waals surface area (Å²) in [4.78, 5) is 39.1. The molecule has 1 aliphatic heterocycles. The summed E-state index contributed by atoms with van der Waals surface area (Å²) in [6.45, 7) is 7.10. The minimum atomic E-state index is -1.30. The van der Waals surface area contributed by atoms with E-state index in [9.17, 15) is 18.8 Å². The predicted octanol–water partition coefficient (Wildman–Crippen LogP) is 3.55. The summed E-state index contributed by atoms with van der Waals surface area (Å²) < 4.78 is 13.3. The molecule has 2 aromatic carbocycles. The number of halogens is 1. The van der Waals surface area contributed by atoms with E-state index in [0.717, 1.165) is 21.6 Å². The van der Waals surface area contributed by atoms with Crippen LogP contribution in [-0.2, 0) is 15.1 Å². The van der Waals surface area contributed by atoms with Gasteiger partial charge in [-0.15, -0.1) is 0 Å². The molecule has 29 heavy (non-hydrogen) atoms. The van der Waals surface area contributed by atoms with Crippen LogP contribution in [0.3, 0.4) is 0 Å². The van der Waals surface area contributed by atoms with Gasteiger partial charge in [0.05, 0.1) is 0 Å². The number of benzene rings is 2. The van der Waals surface area contributed by atoms with E-state index in [1.807, 2.05) is 32.9 Å². The van der Waals surface area contributed by atoms with E-state index in [-0.39, 0.29) is 6.42 Å². The molecule has 1 atom stereocenters. The molecule has 0 bridgehead atoms. The summed E-state index contributed by atoms with van der Waals surface area (Å²) in [7, 11) is 0. The molecule has 0 saturated carbocycles. The highest BCUT2D eigenvalue weighted by molar-refractivity contribution is 6.10. The van der Waals surface area contributed by atoms with Crippen LogP contribution in [0.2, 0.25) is 0 Å². The van der Waals surface area contributed by atoms with E-state index in [1.165, 1.54) is 24.3 Å². The Morgan fingerprint density at radius 3 is 2.24 bits per heavy atom. The summed E-state index contributed by atoms with van der Waals surface area (Å²) >= 11 is 0. The molecule has 1 fully saturated rings. The Bertz CT molecular complexity index is 964. The normalized spacial score (nSPS) is 18.7. The quantitative estimate of drug-likeness (QED) is 0.758. The van der Waals surface area contributed by atoms with Gasteiger partial charge in [0.2, 0.25) is 5.91 Å². The molecular formula is C22H24FN3O3. The maximum Gasteiger partial charge on any atom is 0.325 e. The number of rotatable bonds is 5. The lowest BCUT2D eigenvalue weighted by Gasteiger charge is -2.25. The van der Waals surface area contributed by atoms with E-state index in [0.29, 0.717) is 11.3 Å². The van der Waals surface area contributed by atoms with Crippen molar-refractivity contribution in [2.75, 3.05) is 11.9 Å². The summed E-state index contributed by atoms with van der Waals surface area (Å²) in [6.07, 6.45) is 0.275. The third-order valence-electron chi connectivity index (χ3n) is 5.29. The van der Waals surface area contributed by atoms with Crippen LogP contribution in [0, 0.1) is 26.6 Å². The molecule has 152 valence electrons. The van der Waals surface area contributed by atoms with Crippen LogP contribution in [0.5, 0.6) is 0 Å². The molecule has 0 spiro atoms. The molecule has 0 unspecified atom stereocenters. The first kappa shape index (κ1) is 20.5. The van der Waals surface area contributed by atoms with E-state index in [4.69, 9.17) is 0 Å². The topological polar surface area (TPSA) is 78.5 Å². The smallest absolute Gasteiger partial charge is 0.324 e. The Morgan fingerprint density at radius 1 is 1.10 bits per heavy atom. The number of imide groups is 1. The van der Waals surface area contributed by atoms with Crippen molar-refractivity contribution in [3.8, 4) is 0 Å². The molecule has 4 amide bonds. The second-order valence-electron chi connectivity index (χ2n) is 7.41. The van der Waals surface area contributed by atoms with Crippen LogP contribution in [-0.4, -0.2) is 29.3 Å². The average molecular weight is 397 g/mol. The number of hydrogen-bond donors (Lipinski definition) is 2. The standard InChI is InChI=1S/C22H24FN3O3/c1-5-22(16-6-8-17(23)9-7-16)20(28)26(21(29)25-22)12-18(27)24-19-14(3)10-13(2)11-15(19)4/h6-11H,5,12H2,1-4H3,(H,24,27)(H,25,29)/t22-/m1/s1. The fourth-order valence-electron chi connectivity index (χ4n) is 3.84. The van der Waals surface area contributed by atoms with Gasteiger partial charge in [0.25, 0.3) is 5.91 Å². The molecule has 0 aliphatic carbocycles. The Hall–Kier alpha value is -3.22. The number of urea groups is 1. The summed E-state index contributed by atoms with van der Waals surface area (Å²) in [5.74, 6) is -1.42. The number of amides is 4. The van der Waals surface area contributed by atoms with Crippen molar-refractivity contribution in [3.63, 3.8) is 0 Å². The number of nitrogens with zero attached hydrogens (tertiary/aromatic N) is 1. The van der Waals surface area contributed by atoms with Crippen LogP contribution in [0.15, 0.2) is 36.4 Å². The first-order chi connectivity index (χ1) is 13.7. The SMILES string of the molecule is CC[C@]1(c2ccc(F)cc2)NC(=O)N(CC(=O)Nc2c(C)cc(C)cc2C)C1=O. The zero-order valence-corrected chi connectivity index (χ0v) is 16.9. The number of carbonyl (C=O) groups excluding carboxylic acids is 3. The van der Waals surface area contributed by atoms with E-state index in [1.54, 1.807) is 6.92 Å².